The van der Waals surface area contributed by atoms with E-state index in [0.29, 0.717) is 6.42 Å². The summed E-state index contributed by atoms with van der Waals surface area (Å²) in [7, 11) is 0. The Morgan fingerprint density at radius 2 is 2.00 bits per heavy atom. The monoisotopic (exact) mass is 312 g/mol. The smallest absolute Gasteiger partial charge is 0.309 e. The molecule has 1 aromatic rings. The molecule has 0 aliphatic rings. The van der Waals surface area contributed by atoms with Crippen molar-refractivity contribution in [1.82, 2.24) is 0 Å². The maximum Gasteiger partial charge on any atom is 0.309 e. The van der Waals surface area contributed by atoms with Gasteiger partial charge in [0.15, 0.2) is 0 Å². The molecule has 0 saturated heterocycles. The Hall–Kier alpha value is -0.870. The Bertz CT molecular complexity index is 471. The van der Waals surface area contributed by atoms with E-state index in [2.05, 4.69) is 18.4 Å². The highest BCUT2D eigenvalue weighted by Crippen LogP contribution is 2.29. The molecule has 0 fully saturated rings. The standard InChI is InChI=1S/C17H28O3S/c1-12(2)17(19,11-15(18)20-16(4,5)6)9-7-14-8-10-21-13(14)3/h8,10,12,19H,7,9,11H2,1-6H3. The number of rotatable bonds is 6. The molecule has 0 amide bonds. The first-order valence-corrected chi connectivity index (χ1v) is 8.39. The molecule has 120 valence electrons. The third-order valence-corrected chi connectivity index (χ3v) is 4.63. The van der Waals surface area contributed by atoms with Crippen molar-refractivity contribution in [3.05, 3.63) is 21.9 Å². The van der Waals surface area contributed by atoms with E-state index in [1.54, 1.807) is 11.3 Å². The van der Waals surface area contributed by atoms with Crippen LogP contribution in [0.5, 0.6) is 0 Å². The lowest BCUT2D eigenvalue weighted by Gasteiger charge is -2.32. The van der Waals surface area contributed by atoms with Crippen molar-refractivity contribution in [2.24, 2.45) is 5.92 Å². The molecular formula is C17H28O3S. The Balaban J connectivity index is 2.70. The number of hydrogen-bond acceptors (Lipinski definition) is 4. The van der Waals surface area contributed by atoms with Gasteiger partial charge in [0.05, 0.1) is 12.0 Å². The third kappa shape index (κ3) is 5.79. The lowest BCUT2D eigenvalue weighted by atomic mass is 9.82. The zero-order chi connectivity index (χ0) is 16.3. The number of aryl methyl sites for hydroxylation is 2. The normalized spacial score (nSPS) is 15.0. The summed E-state index contributed by atoms with van der Waals surface area (Å²) in [6.45, 7) is 11.5. The lowest BCUT2D eigenvalue weighted by molar-refractivity contribution is -0.162. The summed E-state index contributed by atoms with van der Waals surface area (Å²) in [6.07, 6.45) is 1.40. The van der Waals surface area contributed by atoms with Gasteiger partial charge in [-0.15, -0.1) is 11.3 Å². The summed E-state index contributed by atoms with van der Waals surface area (Å²) in [5.74, 6) is -0.329. The average Bonchev–Trinajstić information content (AvgIpc) is 2.69. The fraction of sp³-hybridized carbons (Fsp3) is 0.706. The number of carbonyl (C=O) groups is 1. The highest BCUT2D eigenvalue weighted by molar-refractivity contribution is 7.10. The molecule has 0 radical (unpaired) electrons. The van der Waals surface area contributed by atoms with Crippen LogP contribution < -0.4 is 0 Å². The summed E-state index contributed by atoms with van der Waals surface area (Å²) in [5, 5.41) is 12.9. The Morgan fingerprint density at radius 1 is 1.38 bits per heavy atom. The van der Waals surface area contributed by atoms with Crippen LogP contribution in [0.3, 0.4) is 0 Å². The summed E-state index contributed by atoms with van der Waals surface area (Å²) < 4.78 is 5.35. The Labute approximate surface area is 132 Å². The van der Waals surface area contributed by atoms with E-state index in [0.717, 1.165) is 6.42 Å². The van der Waals surface area contributed by atoms with Gasteiger partial charge in [0.1, 0.15) is 5.60 Å². The van der Waals surface area contributed by atoms with Crippen LogP contribution in [-0.4, -0.2) is 22.3 Å². The highest BCUT2D eigenvalue weighted by atomic mass is 32.1. The average molecular weight is 312 g/mol. The van der Waals surface area contributed by atoms with E-state index in [4.69, 9.17) is 4.74 Å². The Kier molecular flexibility index (Phi) is 6.00. The molecule has 1 heterocycles. The number of ether oxygens (including phenoxy) is 1. The maximum absolute atomic E-state index is 12.0. The van der Waals surface area contributed by atoms with E-state index in [-0.39, 0.29) is 18.3 Å². The largest absolute Gasteiger partial charge is 0.460 e. The number of carbonyl (C=O) groups excluding carboxylic acids is 1. The summed E-state index contributed by atoms with van der Waals surface area (Å²) in [5.41, 5.74) is -0.279. The van der Waals surface area contributed by atoms with Gasteiger partial charge in [-0.2, -0.15) is 0 Å². The fourth-order valence-corrected chi connectivity index (χ4v) is 2.99. The number of thiophene rings is 1. The van der Waals surface area contributed by atoms with Crippen LogP contribution in [0.25, 0.3) is 0 Å². The van der Waals surface area contributed by atoms with Crippen molar-refractivity contribution in [3.63, 3.8) is 0 Å². The van der Waals surface area contributed by atoms with Crippen molar-refractivity contribution < 1.29 is 14.6 Å². The maximum atomic E-state index is 12.0. The van der Waals surface area contributed by atoms with Gasteiger partial charge in [-0.1, -0.05) is 13.8 Å². The van der Waals surface area contributed by atoms with Crippen molar-refractivity contribution >= 4 is 17.3 Å². The van der Waals surface area contributed by atoms with Gasteiger partial charge in [0, 0.05) is 4.88 Å². The third-order valence-electron chi connectivity index (χ3n) is 3.74. The van der Waals surface area contributed by atoms with Crippen LogP contribution in [0.4, 0.5) is 0 Å². The van der Waals surface area contributed by atoms with Gasteiger partial charge in [-0.3, -0.25) is 4.79 Å². The van der Waals surface area contributed by atoms with Gasteiger partial charge >= 0.3 is 5.97 Å². The lowest BCUT2D eigenvalue weighted by Crippen LogP contribution is -2.40. The van der Waals surface area contributed by atoms with Crippen LogP contribution in [0.1, 0.15) is 57.9 Å². The zero-order valence-electron chi connectivity index (χ0n) is 14.0. The molecule has 0 bridgehead atoms. The predicted molar refractivity (Wildman–Crippen MR) is 87.6 cm³/mol. The topological polar surface area (TPSA) is 46.5 Å². The van der Waals surface area contributed by atoms with E-state index in [1.165, 1.54) is 10.4 Å². The van der Waals surface area contributed by atoms with Gasteiger partial charge in [-0.25, -0.2) is 0 Å². The van der Waals surface area contributed by atoms with Crippen LogP contribution in [0.15, 0.2) is 11.4 Å². The molecule has 1 N–H and O–H groups in total. The minimum Gasteiger partial charge on any atom is -0.460 e. The summed E-state index contributed by atoms with van der Waals surface area (Å²) in [4.78, 5) is 13.3. The van der Waals surface area contributed by atoms with Crippen LogP contribution in [0.2, 0.25) is 0 Å². The minimum absolute atomic E-state index is 0.00367. The van der Waals surface area contributed by atoms with E-state index >= 15 is 0 Å². The first-order valence-electron chi connectivity index (χ1n) is 7.51. The number of hydrogen-bond donors (Lipinski definition) is 1. The van der Waals surface area contributed by atoms with Crippen LogP contribution in [0, 0.1) is 12.8 Å². The second-order valence-electron chi connectivity index (χ2n) is 7.02. The predicted octanol–water partition coefficient (Wildman–Crippen LogP) is 4.11. The van der Waals surface area contributed by atoms with Gasteiger partial charge in [0.25, 0.3) is 0 Å². The second kappa shape index (κ2) is 6.93. The molecule has 1 rings (SSSR count). The molecule has 0 aliphatic heterocycles. The fourth-order valence-electron chi connectivity index (χ4n) is 2.23. The van der Waals surface area contributed by atoms with E-state index < -0.39 is 11.2 Å². The molecule has 1 aromatic heterocycles. The van der Waals surface area contributed by atoms with Crippen molar-refractivity contribution in [2.75, 3.05) is 0 Å². The first kappa shape index (κ1) is 18.2. The minimum atomic E-state index is -1.02. The molecule has 0 aromatic carbocycles. The molecule has 21 heavy (non-hydrogen) atoms. The summed E-state index contributed by atoms with van der Waals surface area (Å²) >= 11 is 1.71. The quantitative estimate of drug-likeness (QED) is 0.804. The second-order valence-corrected chi connectivity index (χ2v) is 8.14. The van der Waals surface area contributed by atoms with Gasteiger partial charge in [-0.05, 0) is 63.5 Å². The van der Waals surface area contributed by atoms with Gasteiger partial charge < -0.3 is 9.84 Å². The molecule has 0 saturated carbocycles. The molecular weight excluding hydrogens is 284 g/mol. The number of aliphatic hydroxyl groups is 1. The molecule has 1 unspecified atom stereocenters. The molecule has 1 atom stereocenters. The highest BCUT2D eigenvalue weighted by Gasteiger charge is 2.35. The van der Waals surface area contributed by atoms with Crippen LogP contribution in [-0.2, 0) is 16.0 Å². The van der Waals surface area contributed by atoms with Crippen LogP contribution >= 0.6 is 11.3 Å². The molecule has 0 spiro atoms. The molecule has 4 heteroatoms. The molecule has 0 aliphatic carbocycles. The van der Waals surface area contributed by atoms with E-state index in [1.807, 2.05) is 34.6 Å². The SMILES string of the molecule is Cc1sccc1CCC(O)(CC(=O)OC(C)(C)C)C(C)C. The number of esters is 1. The Morgan fingerprint density at radius 3 is 2.43 bits per heavy atom. The zero-order valence-corrected chi connectivity index (χ0v) is 14.8. The first-order chi connectivity index (χ1) is 9.53. The summed E-state index contributed by atoms with van der Waals surface area (Å²) in [6, 6.07) is 2.09. The van der Waals surface area contributed by atoms with E-state index in [9.17, 15) is 9.90 Å². The molecule has 3 nitrogen and oxygen atoms in total. The van der Waals surface area contributed by atoms with Crippen molar-refractivity contribution in [3.8, 4) is 0 Å². The van der Waals surface area contributed by atoms with Gasteiger partial charge in [0.2, 0.25) is 0 Å². The van der Waals surface area contributed by atoms with Crippen molar-refractivity contribution in [1.29, 1.82) is 0 Å². The van der Waals surface area contributed by atoms with Crippen molar-refractivity contribution in [2.45, 2.75) is 72.0 Å².